The van der Waals surface area contributed by atoms with Crippen LogP contribution < -0.4 is 0 Å². The van der Waals surface area contributed by atoms with Crippen molar-refractivity contribution < 1.29 is 0 Å². The first-order valence-electron chi connectivity index (χ1n) is 4.36. The molecule has 0 aliphatic rings. The molecule has 5 nitrogen and oxygen atoms in total. The van der Waals surface area contributed by atoms with Gasteiger partial charge in [0, 0.05) is 10.5 Å². The van der Waals surface area contributed by atoms with Gasteiger partial charge in [0.25, 0.3) is 0 Å². The zero-order valence-corrected chi connectivity index (χ0v) is 8.85. The molecule has 6 heteroatoms. The fourth-order valence-corrected chi connectivity index (χ4v) is 2.00. The van der Waals surface area contributed by atoms with E-state index < -0.39 is 0 Å². The third kappa shape index (κ3) is 1.86. The smallest absolute Gasteiger partial charge is 0.156 e. The number of hydrogen-bond acceptors (Lipinski definition) is 4. The molecule has 76 valence electrons. The van der Waals surface area contributed by atoms with Crippen LogP contribution in [0.2, 0.25) is 0 Å². The quantitative estimate of drug-likeness (QED) is 0.445. The molecule has 1 heterocycles. The van der Waals surface area contributed by atoms with Crippen molar-refractivity contribution in [1.82, 2.24) is 4.98 Å². The Balaban J connectivity index is 2.53. The summed E-state index contributed by atoms with van der Waals surface area (Å²) < 4.78 is 0. The Morgan fingerprint density at radius 2 is 2.12 bits per heavy atom. The maximum Gasteiger partial charge on any atom is 0.156 e. The lowest BCUT2D eigenvalue weighted by Crippen LogP contribution is -1.72. The molecule has 1 aromatic carbocycles. The minimum atomic E-state index is 0.147. The van der Waals surface area contributed by atoms with E-state index in [4.69, 9.17) is 10.8 Å². The second kappa shape index (κ2) is 4.45. The first-order valence-corrected chi connectivity index (χ1v) is 5.18. The summed E-state index contributed by atoms with van der Waals surface area (Å²) in [6, 6.07) is 11.4. The highest BCUT2D eigenvalue weighted by atomic mass is 32.1. The van der Waals surface area contributed by atoms with Crippen molar-refractivity contribution in [2.24, 2.45) is 5.11 Å². The van der Waals surface area contributed by atoms with Gasteiger partial charge in [0.15, 0.2) is 5.82 Å². The Bertz CT molecular complexity index is 589. The second-order valence-electron chi connectivity index (χ2n) is 2.84. The van der Waals surface area contributed by atoms with E-state index in [-0.39, 0.29) is 5.82 Å². The summed E-state index contributed by atoms with van der Waals surface area (Å²) in [4.78, 5) is 7.09. The van der Waals surface area contributed by atoms with Crippen LogP contribution in [0.25, 0.3) is 21.0 Å². The molecule has 0 aliphatic heterocycles. The zero-order valence-electron chi connectivity index (χ0n) is 8.03. The van der Waals surface area contributed by atoms with E-state index in [1.807, 2.05) is 36.4 Å². The average molecular weight is 227 g/mol. The van der Waals surface area contributed by atoms with Crippen LogP contribution in [0.1, 0.15) is 4.88 Å². The fourth-order valence-electron chi connectivity index (χ4n) is 1.20. The molecule has 0 radical (unpaired) electrons. The number of aromatic nitrogens is 1. The number of thiazole rings is 1. The van der Waals surface area contributed by atoms with E-state index in [2.05, 4.69) is 15.0 Å². The number of nitrogens with zero attached hydrogens (tertiary/aromatic N) is 5. The van der Waals surface area contributed by atoms with E-state index in [1.54, 1.807) is 0 Å². The Hall–Kier alpha value is -2.35. The molecule has 0 amide bonds. The van der Waals surface area contributed by atoms with Crippen LogP contribution in [0.3, 0.4) is 0 Å². The van der Waals surface area contributed by atoms with Crippen molar-refractivity contribution in [3.05, 3.63) is 45.7 Å². The van der Waals surface area contributed by atoms with Gasteiger partial charge in [-0.15, -0.1) is 11.3 Å². The van der Waals surface area contributed by atoms with E-state index >= 15 is 0 Å². The lowest BCUT2D eigenvalue weighted by Gasteiger charge is -1.92. The van der Waals surface area contributed by atoms with E-state index in [9.17, 15) is 0 Å². The number of benzene rings is 1. The molecule has 0 bridgehead atoms. The second-order valence-corrected chi connectivity index (χ2v) is 3.84. The molecule has 0 fully saturated rings. The number of hydrogen-bond donors (Lipinski definition) is 0. The van der Waals surface area contributed by atoms with Crippen LogP contribution in [0.4, 0.5) is 5.82 Å². The van der Waals surface area contributed by atoms with Gasteiger partial charge < -0.3 is 0 Å². The summed E-state index contributed by atoms with van der Waals surface area (Å²) in [6.07, 6.45) is 0. The van der Waals surface area contributed by atoms with Gasteiger partial charge >= 0.3 is 0 Å². The Labute approximate surface area is 95.2 Å². The van der Waals surface area contributed by atoms with E-state index in [0.29, 0.717) is 9.88 Å². The van der Waals surface area contributed by atoms with Crippen LogP contribution in [0.15, 0.2) is 35.4 Å². The van der Waals surface area contributed by atoms with Crippen molar-refractivity contribution in [2.75, 3.05) is 0 Å². The van der Waals surface area contributed by atoms with Gasteiger partial charge in [-0.1, -0.05) is 30.3 Å². The van der Waals surface area contributed by atoms with Gasteiger partial charge in [-0.3, -0.25) is 0 Å². The first-order chi connectivity index (χ1) is 7.85. The maximum absolute atomic E-state index is 8.84. The highest BCUT2D eigenvalue weighted by Crippen LogP contribution is 2.31. The fraction of sp³-hybridized carbons (Fsp3) is 0. The van der Waals surface area contributed by atoms with Gasteiger partial charge in [-0.25, -0.2) is 4.98 Å². The third-order valence-electron chi connectivity index (χ3n) is 1.87. The molecule has 2 aromatic rings. The molecule has 0 unspecified atom stereocenters. The van der Waals surface area contributed by atoms with Gasteiger partial charge in [0.05, 0.1) is 0 Å². The van der Waals surface area contributed by atoms with Crippen LogP contribution in [0.5, 0.6) is 0 Å². The SMILES string of the molecule is N#Cc1sc(-c2ccccc2)nc1N=[N+]=[N-]. The van der Waals surface area contributed by atoms with Gasteiger partial charge in [-0.2, -0.15) is 5.26 Å². The molecule has 0 N–H and O–H groups in total. The molecule has 0 aliphatic carbocycles. The van der Waals surface area contributed by atoms with Crippen molar-refractivity contribution in [3.8, 4) is 16.6 Å². The molecule has 0 spiro atoms. The van der Waals surface area contributed by atoms with Crippen molar-refractivity contribution in [2.45, 2.75) is 0 Å². The predicted molar refractivity (Wildman–Crippen MR) is 61.1 cm³/mol. The lowest BCUT2D eigenvalue weighted by molar-refractivity contribution is 1.31. The molecular formula is C10H5N5S. The minimum absolute atomic E-state index is 0.147. The lowest BCUT2D eigenvalue weighted by atomic mass is 10.2. The Kier molecular flexibility index (Phi) is 2.83. The number of rotatable bonds is 2. The highest BCUT2D eigenvalue weighted by molar-refractivity contribution is 7.16. The molecule has 0 saturated heterocycles. The topological polar surface area (TPSA) is 85.4 Å². The summed E-state index contributed by atoms with van der Waals surface area (Å²) in [5.74, 6) is 0.147. The maximum atomic E-state index is 8.84. The summed E-state index contributed by atoms with van der Waals surface area (Å²) in [5, 5.41) is 12.9. The standard InChI is InChI=1S/C10H5N5S/c11-6-8-9(14-15-12)13-10(16-8)7-4-2-1-3-5-7/h1-5H. The predicted octanol–water partition coefficient (Wildman–Crippen LogP) is 3.62. The van der Waals surface area contributed by atoms with E-state index in [0.717, 1.165) is 5.56 Å². The number of nitriles is 1. The van der Waals surface area contributed by atoms with E-state index in [1.165, 1.54) is 11.3 Å². The first kappa shape index (κ1) is 10.2. The zero-order chi connectivity index (χ0) is 11.4. The summed E-state index contributed by atoms with van der Waals surface area (Å²) in [5.41, 5.74) is 9.24. The van der Waals surface area contributed by atoms with Gasteiger partial charge in [-0.05, 0) is 10.6 Å². The molecule has 2 rings (SSSR count). The van der Waals surface area contributed by atoms with Gasteiger partial charge in [0.1, 0.15) is 16.0 Å². The molecular weight excluding hydrogens is 222 g/mol. The van der Waals surface area contributed by atoms with Crippen LogP contribution >= 0.6 is 11.3 Å². The molecule has 16 heavy (non-hydrogen) atoms. The van der Waals surface area contributed by atoms with Crippen LogP contribution in [0, 0.1) is 11.3 Å². The van der Waals surface area contributed by atoms with Crippen LogP contribution in [-0.4, -0.2) is 4.98 Å². The van der Waals surface area contributed by atoms with Crippen molar-refractivity contribution in [3.63, 3.8) is 0 Å². The van der Waals surface area contributed by atoms with Gasteiger partial charge in [0.2, 0.25) is 0 Å². The molecule has 1 aromatic heterocycles. The minimum Gasteiger partial charge on any atom is -0.233 e. The van der Waals surface area contributed by atoms with Crippen molar-refractivity contribution >= 4 is 17.2 Å². The normalized spacial score (nSPS) is 9.19. The Morgan fingerprint density at radius 1 is 1.38 bits per heavy atom. The highest BCUT2D eigenvalue weighted by Gasteiger charge is 2.10. The molecule has 0 saturated carbocycles. The third-order valence-corrected chi connectivity index (χ3v) is 2.87. The van der Waals surface area contributed by atoms with Crippen molar-refractivity contribution in [1.29, 1.82) is 5.26 Å². The largest absolute Gasteiger partial charge is 0.233 e. The number of azide groups is 1. The molecule has 0 atom stereocenters. The summed E-state index contributed by atoms with van der Waals surface area (Å²) in [7, 11) is 0. The monoisotopic (exact) mass is 227 g/mol. The average Bonchev–Trinajstić information content (AvgIpc) is 2.74. The summed E-state index contributed by atoms with van der Waals surface area (Å²) >= 11 is 1.22. The van der Waals surface area contributed by atoms with Crippen LogP contribution in [-0.2, 0) is 0 Å². The Morgan fingerprint density at radius 3 is 2.75 bits per heavy atom. The summed E-state index contributed by atoms with van der Waals surface area (Å²) in [6.45, 7) is 0.